The molecule has 4 nitrogen and oxygen atoms in total. The number of ether oxygens (including phenoxy) is 1. The summed E-state index contributed by atoms with van der Waals surface area (Å²) in [6, 6.07) is 17.9. The summed E-state index contributed by atoms with van der Waals surface area (Å²) in [5, 5.41) is 0. The van der Waals surface area contributed by atoms with E-state index in [2.05, 4.69) is 9.73 Å². The van der Waals surface area contributed by atoms with E-state index in [-0.39, 0.29) is 35.2 Å². The number of aliphatic imine (C=N–C) groups is 1. The van der Waals surface area contributed by atoms with E-state index in [4.69, 9.17) is 5.73 Å². The first kappa shape index (κ1) is 25.5. The number of hydrogen-bond acceptors (Lipinski definition) is 2. The normalized spacial score (nSPS) is 17.2. The number of benzene rings is 3. The summed E-state index contributed by atoms with van der Waals surface area (Å²) in [5.74, 6) is -0.776. The first-order valence-electron chi connectivity index (χ1n) is 11.6. The maximum absolute atomic E-state index is 13.6. The van der Waals surface area contributed by atoms with Crippen molar-refractivity contribution in [3.05, 3.63) is 95.6 Å². The molecule has 4 rings (SSSR count). The highest BCUT2D eigenvalue weighted by molar-refractivity contribution is 5.81. The minimum absolute atomic E-state index is 0.0831. The van der Waals surface area contributed by atoms with Crippen LogP contribution in [-0.4, -0.2) is 30.3 Å². The maximum atomic E-state index is 13.6. The summed E-state index contributed by atoms with van der Waals surface area (Å²) in [6.45, 7) is 1.23. The fourth-order valence-corrected chi connectivity index (χ4v) is 4.66. The van der Waals surface area contributed by atoms with E-state index < -0.39 is 6.36 Å². The molecule has 1 aliphatic heterocycles. The molecule has 0 saturated carbocycles. The Morgan fingerprint density at radius 2 is 1.42 bits per heavy atom. The Balaban J connectivity index is 1.58. The van der Waals surface area contributed by atoms with Crippen molar-refractivity contribution in [1.82, 2.24) is 4.90 Å². The van der Waals surface area contributed by atoms with Crippen LogP contribution in [0, 0.1) is 17.6 Å². The van der Waals surface area contributed by atoms with Crippen molar-refractivity contribution in [2.45, 2.75) is 31.5 Å². The van der Waals surface area contributed by atoms with E-state index in [1.807, 2.05) is 4.90 Å². The molecule has 0 bridgehead atoms. The molecule has 1 unspecified atom stereocenters. The quantitative estimate of drug-likeness (QED) is 0.238. The highest BCUT2D eigenvalue weighted by atomic mass is 19.4. The van der Waals surface area contributed by atoms with E-state index >= 15 is 0 Å². The predicted octanol–water partition coefficient (Wildman–Crippen LogP) is 6.74. The third-order valence-corrected chi connectivity index (χ3v) is 6.28. The molecule has 1 aliphatic rings. The molecule has 1 heterocycles. The van der Waals surface area contributed by atoms with Crippen LogP contribution < -0.4 is 10.5 Å². The van der Waals surface area contributed by atoms with E-state index in [0.717, 1.165) is 30.4 Å². The third-order valence-electron chi connectivity index (χ3n) is 6.28. The smallest absolute Gasteiger partial charge is 0.406 e. The van der Waals surface area contributed by atoms with Crippen LogP contribution in [-0.2, 0) is 0 Å². The molecule has 3 aromatic carbocycles. The predicted molar refractivity (Wildman–Crippen MR) is 128 cm³/mol. The van der Waals surface area contributed by atoms with Gasteiger partial charge in [0.1, 0.15) is 17.4 Å². The minimum Gasteiger partial charge on any atom is -0.406 e. The van der Waals surface area contributed by atoms with Gasteiger partial charge in [-0.1, -0.05) is 30.7 Å². The van der Waals surface area contributed by atoms with Crippen LogP contribution in [0.15, 0.2) is 77.8 Å². The average molecular weight is 504 g/mol. The Bertz CT molecular complexity index is 1120. The van der Waals surface area contributed by atoms with Gasteiger partial charge in [0.05, 0.1) is 5.69 Å². The number of likely N-dealkylation sites (tertiary alicyclic amines) is 1. The van der Waals surface area contributed by atoms with Gasteiger partial charge in [0.15, 0.2) is 5.96 Å². The monoisotopic (exact) mass is 503 g/mol. The maximum Gasteiger partial charge on any atom is 0.573 e. The van der Waals surface area contributed by atoms with Gasteiger partial charge >= 0.3 is 6.36 Å². The Hall–Kier alpha value is -3.62. The van der Waals surface area contributed by atoms with Gasteiger partial charge in [0.2, 0.25) is 0 Å². The van der Waals surface area contributed by atoms with Gasteiger partial charge in [-0.2, -0.15) is 0 Å². The fraction of sp³-hybridized carbons (Fsp3) is 0.296. The summed E-state index contributed by atoms with van der Waals surface area (Å²) >= 11 is 0. The second kappa shape index (κ2) is 11.0. The van der Waals surface area contributed by atoms with Gasteiger partial charge in [-0.05, 0) is 78.4 Å². The first-order valence-corrected chi connectivity index (χ1v) is 11.6. The molecule has 0 aromatic heterocycles. The van der Waals surface area contributed by atoms with E-state index in [1.165, 1.54) is 48.5 Å². The number of nitrogens with two attached hydrogens (primary N) is 1. The van der Waals surface area contributed by atoms with E-state index in [1.54, 1.807) is 24.3 Å². The molecule has 36 heavy (non-hydrogen) atoms. The van der Waals surface area contributed by atoms with Crippen LogP contribution in [0.3, 0.4) is 0 Å². The molecule has 1 saturated heterocycles. The first-order chi connectivity index (χ1) is 17.2. The van der Waals surface area contributed by atoms with E-state index in [0.29, 0.717) is 18.8 Å². The minimum atomic E-state index is -4.77. The molecule has 3 aromatic rings. The third kappa shape index (κ3) is 6.74. The summed E-state index contributed by atoms with van der Waals surface area (Å²) in [6.07, 6.45) is -2.06. The van der Waals surface area contributed by atoms with Gasteiger partial charge in [-0.3, -0.25) is 0 Å². The lowest BCUT2D eigenvalue weighted by Crippen LogP contribution is -2.41. The zero-order chi connectivity index (χ0) is 25.7. The van der Waals surface area contributed by atoms with Gasteiger partial charge in [0, 0.05) is 19.0 Å². The Morgan fingerprint density at radius 3 is 1.94 bits per heavy atom. The van der Waals surface area contributed by atoms with Crippen LogP contribution in [0.2, 0.25) is 0 Å². The Labute approximate surface area is 206 Å². The van der Waals surface area contributed by atoms with Crippen LogP contribution >= 0.6 is 0 Å². The van der Waals surface area contributed by atoms with Crippen LogP contribution in [0.5, 0.6) is 5.75 Å². The molecule has 0 radical (unpaired) electrons. The largest absolute Gasteiger partial charge is 0.573 e. The van der Waals surface area contributed by atoms with Gasteiger partial charge < -0.3 is 15.4 Å². The highest BCUT2D eigenvalue weighted by Crippen LogP contribution is 2.37. The number of nitrogens with zero attached hydrogens (tertiary/aromatic N) is 2. The van der Waals surface area contributed by atoms with Crippen molar-refractivity contribution in [3.8, 4) is 5.75 Å². The van der Waals surface area contributed by atoms with E-state index in [9.17, 15) is 22.0 Å². The number of alkyl halides is 3. The lowest BCUT2D eigenvalue weighted by atomic mass is 9.78. The molecule has 0 amide bonds. The number of hydrogen-bond donors (Lipinski definition) is 1. The standard InChI is InChI=1S/C27H26F5N3O/c28-21-8-4-18(5-9-21)25(19-6-10-22(29)11-7-19)20-3-1-2-16-35(17-20)26(33)34-23-12-14-24(15-13-23)36-27(30,31)32/h4-15,20,25H,1-3,16-17H2,(H2,33,34). The van der Waals surface area contributed by atoms with Crippen LogP contribution in [0.25, 0.3) is 0 Å². The molecular formula is C27H26F5N3O. The van der Waals surface area contributed by atoms with Crippen molar-refractivity contribution in [2.75, 3.05) is 13.1 Å². The molecule has 190 valence electrons. The molecule has 0 spiro atoms. The van der Waals surface area contributed by atoms with Crippen LogP contribution in [0.4, 0.5) is 27.6 Å². The van der Waals surface area contributed by atoms with Crippen molar-refractivity contribution >= 4 is 11.6 Å². The van der Waals surface area contributed by atoms with Crippen molar-refractivity contribution < 1.29 is 26.7 Å². The topological polar surface area (TPSA) is 50.9 Å². The summed E-state index contributed by atoms with van der Waals surface area (Å²) in [7, 11) is 0. The Morgan fingerprint density at radius 1 is 0.861 bits per heavy atom. The number of rotatable bonds is 5. The molecule has 1 atom stereocenters. The lowest BCUT2D eigenvalue weighted by molar-refractivity contribution is -0.274. The number of halogens is 5. The second-order valence-corrected chi connectivity index (χ2v) is 8.79. The number of guanidine groups is 1. The van der Waals surface area contributed by atoms with Crippen LogP contribution in [0.1, 0.15) is 36.3 Å². The molecule has 2 N–H and O–H groups in total. The van der Waals surface area contributed by atoms with Gasteiger partial charge in [-0.15, -0.1) is 13.2 Å². The van der Waals surface area contributed by atoms with Crippen molar-refractivity contribution in [1.29, 1.82) is 0 Å². The fourth-order valence-electron chi connectivity index (χ4n) is 4.66. The summed E-state index contributed by atoms with van der Waals surface area (Å²) in [5.41, 5.74) is 8.58. The van der Waals surface area contributed by atoms with Gasteiger partial charge in [0.25, 0.3) is 0 Å². The lowest BCUT2D eigenvalue weighted by Gasteiger charge is -2.31. The second-order valence-electron chi connectivity index (χ2n) is 8.79. The Kier molecular flexibility index (Phi) is 7.76. The summed E-state index contributed by atoms with van der Waals surface area (Å²) in [4.78, 5) is 6.36. The SMILES string of the molecule is NC(=Nc1ccc(OC(F)(F)F)cc1)N1CCCCC(C(c2ccc(F)cc2)c2ccc(F)cc2)C1. The molecule has 0 aliphatic carbocycles. The average Bonchev–Trinajstić information content (AvgIpc) is 3.08. The molecular weight excluding hydrogens is 477 g/mol. The molecule has 1 fully saturated rings. The summed E-state index contributed by atoms with van der Waals surface area (Å²) < 4.78 is 68.4. The van der Waals surface area contributed by atoms with Gasteiger partial charge in [-0.25, -0.2) is 13.8 Å². The zero-order valence-corrected chi connectivity index (χ0v) is 19.4. The molecule has 9 heteroatoms. The highest BCUT2D eigenvalue weighted by Gasteiger charge is 2.31. The van der Waals surface area contributed by atoms with Crippen molar-refractivity contribution in [3.63, 3.8) is 0 Å². The zero-order valence-electron chi connectivity index (χ0n) is 19.4. The van der Waals surface area contributed by atoms with Crippen molar-refractivity contribution in [2.24, 2.45) is 16.6 Å².